The van der Waals surface area contributed by atoms with E-state index in [4.69, 9.17) is 0 Å². The molecule has 2 nitrogen and oxygen atoms in total. The lowest BCUT2D eigenvalue weighted by Crippen LogP contribution is -2.45. The molecule has 2 heteroatoms. The second-order valence-electron chi connectivity index (χ2n) is 8.13. The van der Waals surface area contributed by atoms with Crippen molar-refractivity contribution in [1.82, 2.24) is 4.90 Å². The number of nitrogens with one attached hydrogen (secondary N) is 1. The molecule has 126 valence electrons. The van der Waals surface area contributed by atoms with Crippen LogP contribution in [-0.2, 0) is 5.41 Å². The van der Waals surface area contributed by atoms with E-state index in [0.29, 0.717) is 5.41 Å². The highest BCUT2D eigenvalue weighted by Crippen LogP contribution is 2.44. The molecule has 2 unspecified atom stereocenters. The molecule has 0 amide bonds. The quantitative estimate of drug-likeness (QED) is 0.820. The van der Waals surface area contributed by atoms with E-state index in [1.165, 1.54) is 56.6 Å². The third-order valence-corrected chi connectivity index (χ3v) is 6.50. The Balaban J connectivity index is 0.00000169. The summed E-state index contributed by atoms with van der Waals surface area (Å²) >= 11 is 0. The van der Waals surface area contributed by atoms with E-state index >= 15 is 0 Å². The maximum absolute atomic E-state index is 3.66. The van der Waals surface area contributed by atoms with Crippen molar-refractivity contribution in [3.63, 3.8) is 0 Å². The van der Waals surface area contributed by atoms with E-state index in [-0.39, 0.29) is 1.43 Å². The van der Waals surface area contributed by atoms with Crippen LogP contribution in [0.5, 0.6) is 0 Å². The molecule has 2 heterocycles. The monoisotopic (exact) mass is 312 g/mol. The molecule has 1 N–H and O–H groups in total. The fourth-order valence-electron chi connectivity index (χ4n) is 4.89. The van der Waals surface area contributed by atoms with Gasteiger partial charge < -0.3 is 10.2 Å². The first kappa shape index (κ1) is 15.3. The molecule has 3 aliphatic rings. The lowest BCUT2D eigenvalue weighted by atomic mass is 9.74. The lowest BCUT2D eigenvalue weighted by molar-refractivity contribution is 0.140. The van der Waals surface area contributed by atoms with Crippen molar-refractivity contribution in [3.8, 4) is 0 Å². The molecular formula is C21H32N2. The Labute approximate surface area is 142 Å². The zero-order valence-electron chi connectivity index (χ0n) is 14.6. The standard InChI is InChI=1S/C21H30N2.H2/c1-16-7-8-20-19(13-16)21(15-22-20)9-11-23(12-10-21)14-17(2)18-5-3-4-6-18;/h3,5,7-8,13,17-18,22H,4,6,9-12,14-15H2,1-2H3;1H. The fourth-order valence-corrected chi connectivity index (χ4v) is 4.89. The average molecular weight is 313 g/mol. The second-order valence-corrected chi connectivity index (χ2v) is 8.13. The van der Waals surface area contributed by atoms with Gasteiger partial charge in [0, 0.05) is 25.6 Å². The third kappa shape index (κ3) is 2.82. The first-order chi connectivity index (χ1) is 11.2. The highest BCUT2D eigenvalue weighted by Gasteiger charge is 2.41. The molecule has 0 bridgehead atoms. The maximum Gasteiger partial charge on any atom is 0.0379 e. The Morgan fingerprint density at radius 3 is 2.91 bits per heavy atom. The summed E-state index contributed by atoms with van der Waals surface area (Å²) in [5.74, 6) is 1.63. The minimum absolute atomic E-state index is 0. The summed E-state index contributed by atoms with van der Waals surface area (Å²) in [5, 5.41) is 3.66. The Morgan fingerprint density at radius 1 is 1.35 bits per heavy atom. The van der Waals surface area contributed by atoms with E-state index < -0.39 is 0 Å². The number of piperidine rings is 1. The summed E-state index contributed by atoms with van der Waals surface area (Å²) in [6, 6.07) is 6.94. The molecule has 23 heavy (non-hydrogen) atoms. The first-order valence-corrected chi connectivity index (χ1v) is 9.40. The molecule has 1 aromatic rings. The van der Waals surface area contributed by atoms with Crippen LogP contribution < -0.4 is 5.32 Å². The van der Waals surface area contributed by atoms with Gasteiger partial charge in [0.15, 0.2) is 0 Å². The van der Waals surface area contributed by atoms with Crippen LogP contribution in [0.1, 0.15) is 45.2 Å². The van der Waals surface area contributed by atoms with Gasteiger partial charge in [0.2, 0.25) is 0 Å². The molecule has 4 rings (SSSR count). The molecule has 1 aromatic carbocycles. The van der Waals surface area contributed by atoms with Gasteiger partial charge in [-0.2, -0.15) is 0 Å². The number of fused-ring (bicyclic) bond motifs is 2. The fraction of sp³-hybridized carbons (Fsp3) is 0.619. The number of anilines is 1. The van der Waals surface area contributed by atoms with Crippen LogP contribution in [0.25, 0.3) is 0 Å². The number of likely N-dealkylation sites (tertiary alicyclic amines) is 1. The van der Waals surface area contributed by atoms with E-state index in [1.54, 1.807) is 5.56 Å². The van der Waals surface area contributed by atoms with Crippen molar-refractivity contribution < 1.29 is 1.43 Å². The van der Waals surface area contributed by atoms with Crippen LogP contribution in [0.4, 0.5) is 5.69 Å². The van der Waals surface area contributed by atoms with Crippen LogP contribution in [0.15, 0.2) is 30.4 Å². The van der Waals surface area contributed by atoms with Crippen molar-refractivity contribution in [2.75, 3.05) is 31.5 Å². The maximum atomic E-state index is 3.66. The van der Waals surface area contributed by atoms with Crippen LogP contribution in [-0.4, -0.2) is 31.1 Å². The van der Waals surface area contributed by atoms with Crippen molar-refractivity contribution in [2.24, 2.45) is 11.8 Å². The van der Waals surface area contributed by atoms with Crippen molar-refractivity contribution in [2.45, 2.75) is 44.9 Å². The number of benzene rings is 1. The molecule has 0 saturated carbocycles. The molecule has 0 aromatic heterocycles. The van der Waals surface area contributed by atoms with E-state index in [0.717, 1.165) is 18.4 Å². The highest BCUT2D eigenvalue weighted by molar-refractivity contribution is 5.61. The molecule has 1 aliphatic carbocycles. The van der Waals surface area contributed by atoms with Gasteiger partial charge >= 0.3 is 0 Å². The molecule has 2 aliphatic heterocycles. The Hall–Kier alpha value is -1.28. The molecule has 1 saturated heterocycles. The van der Waals surface area contributed by atoms with Gasteiger partial charge in [0.25, 0.3) is 0 Å². The predicted octanol–water partition coefficient (Wildman–Crippen LogP) is 4.60. The SMILES string of the molecule is Cc1ccc2c(c1)C1(CCN(CC(C)C3C=CCC3)CC1)CN2.[HH]. The molecule has 1 fully saturated rings. The predicted molar refractivity (Wildman–Crippen MR) is 100 cm³/mol. The van der Waals surface area contributed by atoms with Gasteiger partial charge in [-0.15, -0.1) is 0 Å². The summed E-state index contributed by atoms with van der Waals surface area (Å²) in [4.78, 5) is 2.72. The molecule has 2 atom stereocenters. The number of rotatable bonds is 3. The van der Waals surface area contributed by atoms with Crippen LogP contribution in [0, 0.1) is 18.8 Å². The van der Waals surface area contributed by atoms with Crippen LogP contribution >= 0.6 is 0 Å². The summed E-state index contributed by atoms with van der Waals surface area (Å²) in [5.41, 5.74) is 4.77. The smallest absolute Gasteiger partial charge is 0.0379 e. The van der Waals surface area contributed by atoms with Gasteiger partial charge in [-0.05, 0) is 69.2 Å². The third-order valence-electron chi connectivity index (χ3n) is 6.50. The van der Waals surface area contributed by atoms with Crippen LogP contribution in [0.3, 0.4) is 0 Å². The number of allylic oxidation sites excluding steroid dienone is 2. The van der Waals surface area contributed by atoms with Gasteiger partial charge in [-0.3, -0.25) is 0 Å². The highest BCUT2D eigenvalue weighted by atomic mass is 15.1. The number of hydrogen-bond acceptors (Lipinski definition) is 2. The summed E-state index contributed by atoms with van der Waals surface area (Å²) in [6.45, 7) is 9.60. The summed E-state index contributed by atoms with van der Waals surface area (Å²) in [7, 11) is 0. The van der Waals surface area contributed by atoms with Crippen molar-refractivity contribution in [3.05, 3.63) is 41.5 Å². The van der Waals surface area contributed by atoms with Gasteiger partial charge in [-0.25, -0.2) is 0 Å². The normalized spacial score (nSPS) is 27.1. The summed E-state index contributed by atoms with van der Waals surface area (Å²) in [6.07, 6.45) is 10.1. The largest absolute Gasteiger partial charge is 0.384 e. The first-order valence-electron chi connectivity index (χ1n) is 9.40. The van der Waals surface area contributed by atoms with Gasteiger partial charge in [0.05, 0.1) is 0 Å². The Kier molecular flexibility index (Phi) is 3.96. The van der Waals surface area contributed by atoms with E-state index in [9.17, 15) is 0 Å². The van der Waals surface area contributed by atoms with Crippen LogP contribution in [0.2, 0.25) is 0 Å². The van der Waals surface area contributed by atoms with E-state index in [1.807, 2.05) is 0 Å². The molecule has 1 spiro atoms. The minimum Gasteiger partial charge on any atom is -0.384 e. The Morgan fingerprint density at radius 2 is 2.17 bits per heavy atom. The zero-order chi connectivity index (χ0) is 15.9. The van der Waals surface area contributed by atoms with Crippen molar-refractivity contribution >= 4 is 5.69 Å². The Bertz CT molecular complexity index is 602. The van der Waals surface area contributed by atoms with Gasteiger partial charge in [-0.1, -0.05) is 36.8 Å². The number of nitrogens with zero attached hydrogens (tertiary/aromatic N) is 1. The van der Waals surface area contributed by atoms with Gasteiger partial charge in [0.1, 0.15) is 0 Å². The zero-order valence-corrected chi connectivity index (χ0v) is 14.6. The van der Waals surface area contributed by atoms with E-state index in [2.05, 4.69) is 54.4 Å². The summed E-state index contributed by atoms with van der Waals surface area (Å²) < 4.78 is 0. The topological polar surface area (TPSA) is 15.3 Å². The molecule has 0 radical (unpaired) electrons. The molecular weight excluding hydrogens is 280 g/mol. The lowest BCUT2D eigenvalue weighted by Gasteiger charge is -2.40. The average Bonchev–Trinajstić information content (AvgIpc) is 3.20. The minimum atomic E-state index is 0. The number of aryl methyl sites for hydroxylation is 1. The second kappa shape index (κ2) is 5.98. The van der Waals surface area contributed by atoms with Crippen molar-refractivity contribution in [1.29, 1.82) is 0 Å². The number of hydrogen-bond donors (Lipinski definition) is 1.